The minimum atomic E-state index is 0. The Morgan fingerprint density at radius 3 is 1.70 bits per heavy atom. The summed E-state index contributed by atoms with van der Waals surface area (Å²) in [5.41, 5.74) is 9.42. The molecule has 0 bridgehead atoms. The molecule has 0 atom stereocenters. The van der Waals surface area contributed by atoms with Crippen molar-refractivity contribution in [3.05, 3.63) is 175 Å². The third-order valence-electron chi connectivity index (χ3n) is 7.25. The summed E-state index contributed by atoms with van der Waals surface area (Å²) >= 11 is 1.83. The molecule has 0 spiro atoms. The van der Waals surface area contributed by atoms with E-state index in [-0.39, 0.29) is 20.1 Å². The number of aryl methyl sites for hydroxylation is 3. The van der Waals surface area contributed by atoms with Crippen LogP contribution in [0.1, 0.15) is 17.0 Å². The molecule has 5 heteroatoms. The fraction of sp³-hybridized carbons (Fsp3) is 0.0714. The molecule has 3 nitrogen and oxygen atoms in total. The summed E-state index contributed by atoms with van der Waals surface area (Å²) in [6, 6.07) is 54.4. The Hall–Kier alpha value is -4.80. The van der Waals surface area contributed by atoms with Gasteiger partial charge in [0.25, 0.3) is 0 Å². The second kappa shape index (κ2) is 16.2. The monoisotopic (exact) mass is 803 g/mol. The molecular weight excluding hydrogens is 771 g/mol. The van der Waals surface area contributed by atoms with E-state index in [1.54, 1.807) is 0 Å². The summed E-state index contributed by atoms with van der Waals surface area (Å²) < 4.78 is 2.62. The van der Waals surface area contributed by atoms with Gasteiger partial charge in [-0.25, -0.2) is 0 Å². The summed E-state index contributed by atoms with van der Waals surface area (Å²) in [6.07, 6.45) is 1.85. The van der Waals surface area contributed by atoms with Gasteiger partial charge >= 0.3 is 20.1 Å². The van der Waals surface area contributed by atoms with Gasteiger partial charge in [-0.3, -0.25) is 0 Å². The summed E-state index contributed by atoms with van der Waals surface area (Å²) in [5.74, 6) is 0. The van der Waals surface area contributed by atoms with Gasteiger partial charge in [0.1, 0.15) is 0 Å². The molecule has 0 aliphatic carbocycles. The molecule has 0 unspecified atom stereocenters. The molecule has 0 saturated heterocycles. The van der Waals surface area contributed by atoms with E-state index in [0.29, 0.717) is 0 Å². The van der Waals surface area contributed by atoms with Crippen LogP contribution in [0.4, 0.5) is 0 Å². The van der Waals surface area contributed by atoms with Crippen LogP contribution in [-0.2, 0) is 20.1 Å². The average Bonchev–Trinajstić information content (AvgIpc) is 3.48. The van der Waals surface area contributed by atoms with Crippen molar-refractivity contribution >= 4 is 31.5 Å². The van der Waals surface area contributed by atoms with E-state index >= 15 is 0 Å². The zero-order valence-corrected chi connectivity index (χ0v) is 29.6. The Labute approximate surface area is 294 Å². The fourth-order valence-corrected chi connectivity index (χ4v) is 6.11. The first-order valence-corrected chi connectivity index (χ1v) is 15.9. The molecule has 0 radical (unpaired) electrons. The number of nitrogens with zero attached hydrogens (tertiary/aromatic N) is 3. The standard InChI is InChI=1S/C18H12NS.2C12H10N.Ir/c1-12-8-9-19-16(10-12)13-6-7-15-14-4-2-3-5-17(14)20-18(15)11-13;2*1-10-6-5-9-12(13-10)11-7-3-2-4-8-11;/h2-5,7-11H,1H3;2*2-7,9H,1H3;/q3*-1;+3. The summed E-state index contributed by atoms with van der Waals surface area (Å²) in [5, 5.41) is 2.59. The molecule has 0 aliphatic rings. The van der Waals surface area contributed by atoms with E-state index in [0.717, 1.165) is 45.2 Å². The van der Waals surface area contributed by atoms with Crippen molar-refractivity contribution < 1.29 is 20.1 Å². The smallest absolute Gasteiger partial charge is 0.305 e. The van der Waals surface area contributed by atoms with E-state index in [1.165, 1.54) is 25.7 Å². The predicted octanol–water partition coefficient (Wildman–Crippen LogP) is 10.9. The topological polar surface area (TPSA) is 38.7 Å². The number of benzene rings is 4. The number of fused-ring (bicyclic) bond motifs is 3. The summed E-state index contributed by atoms with van der Waals surface area (Å²) in [4.78, 5) is 13.3. The van der Waals surface area contributed by atoms with Crippen molar-refractivity contribution in [3.63, 3.8) is 0 Å². The van der Waals surface area contributed by atoms with Gasteiger partial charge in [-0.1, -0.05) is 59.5 Å². The van der Waals surface area contributed by atoms with E-state index in [9.17, 15) is 0 Å². The third kappa shape index (κ3) is 8.72. The van der Waals surface area contributed by atoms with Crippen LogP contribution in [0.5, 0.6) is 0 Å². The predicted molar refractivity (Wildman–Crippen MR) is 193 cm³/mol. The first-order chi connectivity index (χ1) is 22.5. The maximum Gasteiger partial charge on any atom is 3.00 e. The Morgan fingerprint density at radius 1 is 0.511 bits per heavy atom. The maximum atomic E-state index is 4.44. The molecule has 47 heavy (non-hydrogen) atoms. The van der Waals surface area contributed by atoms with Gasteiger partial charge in [0.15, 0.2) is 0 Å². The van der Waals surface area contributed by atoms with Crippen molar-refractivity contribution in [2.45, 2.75) is 20.8 Å². The van der Waals surface area contributed by atoms with Crippen molar-refractivity contribution in [1.29, 1.82) is 0 Å². The van der Waals surface area contributed by atoms with Crippen molar-refractivity contribution in [1.82, 2.24) is 15.0 Å². The number of hydrogen-bond acceptors (Lipinski definition) is 4. The number of pyridine rings is 3. The minimum absolute atomic E-state index is 0. The van der Waals surface area contributed by atoms with Gasteiger partial charge in [0.2, 0.25) is 0 Å². The van der Waals surface area contributed by atoms with Crippen LogP contribution in [0.3, 0.4) is 0 Å². The van der Waals surface area contributed by atoms with E-state index in [1.807, 2.05) is 122 Å². The largest absolute Gasteiger partial charge is 3.00 e. The molecular formula is C42H32IrN3S. The van der Waals surface area contributed by atoms with Gasteiger partial charge in [-0.15, -0.1) is 95.6 Å². The van der Waals surface area contributed by atoms with Crippen LogP contribution in [0, 0.1) is 39.0 Å². The van der Waals surface area contributed by atoms with Crippen LogP contribution in [-0.4, -0.2) is 15.0 Å². The molecule has 4 aromatic carbocycles. The van der Waals surface area contributed by atoms with Crippen LogP contribution >= 0.6 is 11.3 Å². The maximum absolute atomic E-state index is 4.44. The third-order valence-corrected chi connectivity index (χ3v) is 8.38. The van der Waals surface area contributed by atoms with Crippen LogP contribution in [0.25, 0.3) is 53.9 Å². The normalized spacial score (nSPS) is 10.3. The minimum Gasteiger partial charge on any atom is -0.305 e. The molecule has 0 aliphatic heterocycles. The van der Waals surface area contributed by atoms with E-state index in [2.05, 4.69) is 82.5 Å². The first-order valence-electron chi connectivity index (χ1n) is 15.1. The summed E-state index contributed by atoms with van der Waals surface area (Å²) in [6.45, 7) is 6.07. The van der Waals surface area contributed by atoms with Crippen molar-refractivity contribution in [3.8, 4) is 33.8 Å². The second-order valence-corrected chi connectivity index (χ2v) is 11.9. The van der Waals surface area contributed by atoms with Crippen molar-refractivity contribution in [2.24, 2.45) is 0 Å². The second-order valence-electron chi connectivity index (χ2n) is 10.8. The van der Waals surface area contributed by atoms with Gasteiger partial charge < -0.3 is 15.0 Å². The zero-order chi connectivity index (χ0) is 31.7. The molecule has 8 aromatic rings. The SMILES string of the molecule is Cc1cccc(-c2[c-]cccc2)n1.Cc1cccc(-c2[c-]cccc2)n1.Cc1ccnc(-c2[c-]cc3c(c2)sc2ccccc23)c1.[Ir+3]. The van der Waals surface area contributed by atoms with Gasteiger partial charge in [-0.05, 0) is 72.2 Å². The molecule has 4 aromatic heterocycles. The van der Waals surface area contributed by atoms with Gasteiger partial charge in [0, 0.05) is 22.3 Å². The summed E-state index contributed by atoms with van der Waals surface area (Å²) in [7, 11) is 0. The fourth-order valence-electron chi connectivity index (χ4n) is 4.99. The first kappa shape index (κ1) is 33.6. The van der Waals surface area contributed by atoms with E-state index in [4.69, 9.17) is 0 Å². The van der Waals surface area contributed by atoms with Crippen LogP contribution < -0.4 is 0 Å². The molecule has 0 fully saturated rings. The average molecular weight is 803 g/mol. The molecule has 4 heterocycles. The number of rotatable bonds is 3. The Balaban J connectivity index is 0.000000142. The zero-order valence-electron chi connectivity index (χ0n) is 26.4. The molecule has 0 saturated carbocycles. The number of thiophene rings is 1. The Morgan fingerprint density at radius 2 is 1.13 bits per heavy atom. The van der Waals surface area contributed by atoms with Crippen LogP contribution in [0.15, 0.2) is 140 Å². The van der Waals surface area contributed by atoms with Crippen molar-refractivity contribution in [2.75, 3.05) is 0 Å². The molecule has 0 amide bonds. The number of aromatic nitrogens is 3. The van der Waals surface area contributed by atoms with Gasteiger partial charge in [-0.2, -0.15) is 11.3 Å². The van der Waals surface area contributed by atoms with E-state index < -0.39 is 0 Å². The Kier molecular flexibility index (Phi) is 11.5. The number of hydrogen-bond donors (Lipinski definition) is 0. The molecule has 0 N–H and O–H groups in total. The molecule has 230 valence electrons. The van der Waals surface area contributed by atoms with Gasteiger partial charge in [0.05, 0.1) is 0 Å². The quantitative estimate of drug-likeness (QED) is 0.167. The molecule has 8 rings (SSSR count). The Bertz CT molecular complexity index is 2110. The van der Waals surface area contributed by atoms with Crippen LogP contribution in [0.2, 0.25) is 0 Å².